The van der Waals surface area contributed by atoms with Crippen molar-refractivity contribution in [2.75, 3.05) is 31.1 Å². The van der Waals surface area contributed by atoms with Crippen molar-refractivity contribution in [2.24, 2.45) is 11.8 Å². The Labute approximate surface area is 131 Å². The SMILES string of the molecule is CCCS(=O)(=O)CCN1CC(CC(C)C)NCC1C(C)C. The van der Waals surface area contributed by atoms with Crippen LogP contribution in [0.3, 0.4) is 0 Å². The second-order valence-corrected chi connectivity index (χ2v) is 9.50. The number of nitrogens with one attached hydrogen (secondary N) is 1. The van der Waals surface area contributed by atoms with E-state index in [1.54, 1.807) is 0 Å². The first-order chi connectivity index (χ1) is 9.75. The zero-order valence-corrected chi connectivity index (χ0v) is 15.2. The van der Waals surface area contributed by atoms with Crippen LogP contribution >= 0.6 is 0 Å². The predicted octanol–water partition coefficient (Wildman–Crippen LogP) is 2.16. The summed E-state index contributed by atoms with van der Waals surface area (Å²) in [5.74, 6) is 1.84. The lowest BCUT2D eigenvalue weighted by molar-refractivity contribution is 0.0986. The summed E-state index contributed by atoms with van der Waals surface area (Å²) in [6, 6.07) is 0.944. The monoisotopic (exact) mass is 318 g/mol. The van der Waals surface area contributed by atoms with Crippen LogP contribution in [0.15, 0.2) is 0 Å². The number of nitrogens with zero attached hydrogens (tertiary/aromatic N) is 1. The van der Waals surface area contributed by atoms with Gasteiger partial charge in [-0.1, -0.05) is 34.6 Å². The van der Waals surface area contributed by atoms with Crippen LogP contribution in [0.4, 0.5) is 0 Å². The van der Waals surface area contributed by atoms with Gasteiger partial charge in [0.1, 0.15) is 0 Å². The normalized spacial score (nSPS) is 24.9. The van der Waals surface area contributed by atoms with Crippen LogP contribution in [0.25, 0.3) is 0 Å². The van der Waals surface area contributed by atoms with Gasteiger partial charge in [-0.05, 0) is 24.7 Å². The Morgan fingerprint density at radius 3 is 2.38 bits per heavy atom. The minimum absolute atomic E-state index is 0.304. The van der Waals surface area contributed by atoms with Gasteiger partial charge in [-0.15, -0.1) is 0 Å². The van der Waals surface area contributed by atoms with E-state index in [0.29, 0.717) is 48.4 Å². The van der Waals surface area contributed by atoms with E-state index < -0.39 is 9.84 Å². The van der Waals surface area contributed by atoms with Crippen molar-refractivity contribution in [1.82, 2.24) is 10.2 Å². The van der Waals surface area contributed by atoms with E-state index in [1.165, 1.54) is 0 Å². The lowest BCUT2D eigenvalue weighted by Crippen LogP contribution is -2.59. The lowest BCUT2D eigenvalue weighted by atomic mass is 9.95. The van der Waals surface area contributed by atoms with Gasteiger partial charge in [0.2, 0.25) is 0 Å². The molecule has 1 saturated heterocycles. The fraction of sp³-hybridized carbons (Fsp3) is 1.00. The summed E-state index contributed by atoms with van der Waals surface area (Å²) >= 11 is 0. The molecular weight excluding hydrogens is 284 g/mol. The molecule has 21 heavy (non-hydrogen) atoms. The molecule has 126 valence electrons. The fourth-order valence-electron chi connectivity index (χ4n) is 3.21. The molecule has 5 heteroatoms. The minimum atomic E-state index is -2.88. The Morgan fingerprint density at radius 2 is 1.86 bits per heavy atom. The van der Waals surface area contributed by atoms with Gasteiger partial charge in [-0.25, -0.2) is 8.42 Å². The summed E-state index contributed by atoms with van der Waals surface area (Å²) in [4.78, 5) is 2.40. The first-order valence-electron chi connectivity index (χ1n) is 8.43. The molecule has 0 saturated carbocycles. The first kappa shape index (κ1) is 18.9. The Kier molecular flexibility index (Phi) is 7.65. The second-order valence-electron chi connectivity index (χ2n) is 7.19. The highest BCUT2D eigenvalue weighted by Crippen LogP contribution is 2.18. The van der Waals surface area contributed by atoms with Crippen LogP contribution in [0.2, 0.25) is 0 Å². The molecule has 0 aromatic carbocycles. The molecule has 1 heterocycles. The van der Waals surface area contributed by atoms with Crippen molar-refractivity contribution in [3.8, 4) is 0 Å². The maximum Gasteiger partial charge on any atom is 0.151 e. The number of hydrogen-bond acceptors (Lipinski definition) is 4. The molecular formula is C16H34N2O2S. The van der Waals surface area contributed by atoms with E-state index >= 15 is 0 Å². The van der Waals surface area contributed by atoms with Gasteiger partial charge < -0.3 is 5.32 Å². The van der Waals surface area contributed by atoms with Crippen LogP contribution in [0, 0.1) is 11.8 Å². The number of rotatable bonds is 8. The van der Waals surface area contributed by atoms with Gasteiger partial charge >= 0.3 is 0 Å². The molecule has 4 nitrogen and oxygen atoms in total. The van der Waals surface area contributed by atoms with Gasteiger partial charge in [0.25, 0.3) is 0 Å². The molecule has 2 atom stereocenters. The lowest BCUT2D eigenvalue weighted by Gasteiger charge is -2.43. The zero-order valence-electron chi connectivity index (χ0n) is 14.4. The molecule has 1 rings (SSSR count). The molecule has 1 aliphatic rings. The quantitative estimate of drug-likeness (QED) is 0.745. The van der Waals surface area contributed by atoms with Gasteiger partial charge in [-0.3, -0.25) is 4.90 Å². The molecule has 1 fully saturated rings. The van der Waals surface area contributed by atoms with Gasteiger partial charge in [0, 0.05) is 37.5 Å². The summed E-state index contributed by atoms with van der Waals surface area (Å²) in [5, 5.41) is 3.64. The molecule has 0 radical (unpaired) electrons. The third-order valence-electron chi connectivity index (χ3n) is 4.27. The van der Waals surface area contributed by atoms with Gasteiger partial charge in [0.05, 0.1) is 5.75 Å². The van der Waals surface area contributed by atoms with E-state index in [1.807, 2.05) is 6.92 Å². The predicted molar refractivity (Wildman–Crippen MR) is 90.4 cm³/mol. The molecule has 2 unspecified atom stereocenters. The average Bonchev–Trinajstić information content (AvgIpc) is 2.35. The average molecular weight is 319 g/mol. The van der Waals surface area contributed by atoms with Gasteiger partial charge in [0.15, 0.2) is 9.84 Å². The summed E-state index contributed by atoms with van der Waals surface area (Å²) in [5.41, 5.74) is 0. The standard InChI is InChI=1S/C16H34N2O2S/c1-6-8-21(19,20)9-7-18-12-15(10-13(2)3)17-11-16(18)14(4)5/h13-17H,6-12H2,1-5H3. The Balaban J connectivity index is 2.63. The van der Waals surface area contributed by atoms with Crippen molar-refractivity contribution < 1.29 is 8.42 Å². The third-order valence-corrected chi connectivity index (χ3v) is 6.10. The topological polar surface area (TPSA) is 49.4 Å². The molecule has 0 spiro atoms. The summed E-state index contributed by atoms with van der Waals surface area (Å²) in [6.45, 7) is 13.5. The minimum Gasteiger partial charge on any atom is -0.311 e. The molecule has 0 aliphatic carbocycles. The van der Waals surface area contributed by atoms with E-state index in [4.69, 9.17) is 0 Å². The zero-order chi connectivity index (χ0) is 16.0. The van der Waals surface area contributed by atoms with Crippen LogP contribution < -0.4 is 5.32 Å². The number of hydrogen-bond donors (Lipinski definition) is 1. The molecule has 1 aliphatic heterocycles. The van der Waals surface area contributed by atoms with Crippen molar-refractivity contribution in [1.29, 1.82) is 0 Å². The Hall–Kier alpha value is -0.130. The Morgan fingerprint density at radius 1 is 1.19 bits per heavy atom. The van der Waals surface area contributed by atoms with Crippen LogP contribution in [-0.2, 0) is 9.84 Å². The summed E-state index contributed by atoms with van der Waals surface area (Å²) in [7, 11) is -2.88. The van der Waals surface area contributed by atoms with Gasteiger partial charge in [-0.2, -0.15) is 0 Å². The smallest absolute Gasteiger partial charge is 0.151 e. The van der Waals surface area contributed by atoms with Crippen molar-refractivity contribution >= 4 is 9.84 Å². The third kappa shape index (κ3) is 6.66. The molecule has 0 aromatic rings. The van der Waals surface area contributed by atoms with E-state index in [2.05, 4.69) is 37.9 Å². The van der Waals surface area contributed by atoms with E-state index in [-0.39, 0.29) is 0 Å². The summed E-state index contributed by atoms with van der Waals surface area (Å²) in [6.07, 6.45) is 1.87. The molecule has 1 N–H and O–H groups in total. The summed E-state index contributed by atoms with van der Waals surface area (Å²) < 4.78 is 23.9. The van der Waals surface area contributed by atoms with E-state index in [0.717, 1.165) is 19.5 Å². The van der Waals surface area contributed by atoms with Crippen molar-refractivity contribution in [2.45, 2.75) is 59.5 Å². The van der Waals surface area contributed by atoms with Crippen molar-refractivity contribution in [3.63, 3.8) is 0 Å². The van der Waals surface area contributed by atoms with E-state index in [9.17, 15) is 8.42 Å². The number of sulfone groups is 1. The molecule has 0 bridgehead atoms. The van der Waals surface area contributed by atoms with Crippen LogP contribution in [0.5, 0.6) is 0 Å². The highest BCUT2D eigenvalue weighted by Gasteiger charge is 2.30. The van der Waals surface area contributed by atoms with Crippen molar-refractivity contribution in [3.05, 3.63) is 0 Å². The highest BCUT2D eigenvalue weighted by molar-refractivity contribution is 7.91. The maximum atomic E-state index is 12.0. The first-order valence-corrected chi connectivity index (χ1v) is 10.2. The largest absolute Gasteiger partial charge is 0.311 e. The maximum absolute atomic E-state index is 12.0. The Bertz CT molecular complexity index is 393. The van der Waals surface area contributed by atoms with Crippen LogP contribution in [-0.4, -0.2) is 56.5 Å². The molecule has 0 amide bonds. The fourth-order valence-corrected chi connectivity index (χ4v) is 4.55. The second kappa shape index (κ2) is 8.49. The molecule has 0 aromatic heterocycles. The van der Waals surface area contributed by atoms with Crippen LogP contribution in [0.1, 0.15) is 47.5 Å². The number of piperazine rings is 1. The highest BCUT2D eigenvalue weighted by atomic mass is 32.2.